The zero-order valence-corrected chi connectivity index (χ0v) is 23.8. The lowest BCUT2D eigenvalue weighted by molar-refractivity contribution is -0.117. The van der Waals surface area contributed by atoms with Gasteiger partial charge in [-0.25, -0.2) is 0 Å². The van der Waals surface area contributed by atoms with Gasteiger partial charge in [-0.1, -0.05) is 26.0 Å². The molecule has 8 nitrogen and oxygen atoms in total. The molecule has 1 amide bonds. The Morgan fingerprint density at radius 1 is 1.26 bits per heavy atom. The Labute approximate surface area is 231 Å². The van der Waals surface area contributed by atoms with Crippen LogP contribution in [-0.2, 0) is 22.7 Å². The van der Waals surface area contributed by atoms with Gasteiger partial charge in [-0.2, -0.15) is 0 Å². The van der Waals surface area contributed by atoms with Gasteiger partial charge in [-0.3, -0.25) is 14.6 Å². The molecule has 2 aromatic heterocycles. The highest BCUT2D eigenvalue weighted by molar-refractivity contribution is 5.98. The van der Waals surface area contributed by atoms with Crippen LogP contribution in [-0.4, -0.2) is 51.7 Å². The summed E-state index contributed by atoms with van der Waals surface area (Å²) in [6, 6.07) is 6.18. The zero-order valence-electron chi connectivity index (χ0n) is 23.8. The molecule has 2 aliphatic rings. The van der Waals surface area contributed by atoms with Gasteiger partial charge in [0.1, 0.15) is 0 Å². The first-order valence-corrected chi connectivity index (χ1v) is 14.1. The molecule has 1 fully saturated rings. The molecule has 1 saturated heterocycles. The zero-order chi connectivity index (χ0) is 28.1. The summed E-state index contributed by atoms with van der Waals surface area (Å²) in [5.41, 5.74) is 6.60. The second-order valence-electron chi connectivity index (χ2n) is 10.9. The summed E-state index contributed by atoms with van der Waals surface area (Å²) < 4.78 is 5.62. The highest BCUT2D eigenvalue weighted by atomic mass is 16.5. The van der Waals surface area contributed by atoms with Crippen LogP contribution in [0.4, 0.5) is 0 Å². The molecule has 1 aliphatic heterocycles. The van der Waals surface area contributed by atoms with E-state index in [0.29, 0.717) is 22.9 Å². The van der Waals surface area contributed by atoms with Crippen LogP contribution in [0.1, 0.15) is 86.9 Å². The van der Waals surface area contributed by atoms with E-state index in [1.807, 2.05) is 38.1 Å². The van der Waals surface area contributed by atoms with E-state index in [9.17, 15) is 14.7 Å². The first-order valence-electron chi connectivity index (χ1n) is 14.1. The van der Waals surface area contributed by atoms with Crippen molar-refractivity contribution in [1.82, 2.24) is 20.2 Å². The molecule has 3 heterocycles. The van der Waals surface area contributed by atoms with E-state index in [2.05, 4.69) is 41.0 Å². The van der Waals surface area contributed by atoms with E-state index in [0.717, 1.165) is 61.4 Å². The number of aromatic nitrogens is 2. The van der Waals surface area contributed by atoms with Crippen LogP contribution in [0.5, 0.6) is 0 Å². The highest BCUT2D eigenvalue weighted by Gasteiger charge is 2.31. The van der Waals surface area contributed by atoms with Crippen molar-refractivity contribution in [3.8, 4) is 0 Å². The van der Waals surface area contributed by atoms with Gasteiger partial charge in [0.05, 0.1) is 12.3 Å². The minimum Gasteiger partial charge on any atom is -0.390 e. The fraction of sp³-hybridized carbons (Fsp3) is 0.516. The van der Waals surface area contributed by atoms with Gasteiger partial charge in [0.25, 0.3) is 11.5 Å². The fourth-order valence-corrected chi connectivity index (χ4v) is 5.81. The molecule has 39 heavy (non-hydrogen) atoms. The Balaban J connectivity index is 1.68. The minimum absolute atomic E-state index is 0.0346. The number of rotatable bonds is 9. The average Bonchev–Trinajstić information content (AvgIpc) is 2.94. The first kappa shape index (κ1) is 28.8. The first-order chi connectivity index (χ1) is 18.7. The highest BCUT2D eigenvalue weighted by Crippen LogP contribution is 2.38. The third-order valence-electron chi connectivity index (χ3n) is 7.97. The van der Waals surface area contributed by atoms with Crippen molar-refractivity contribution in [3.05, 3.63) is 85.7 Å². The number of hydrogen-bond acceptors (Lipinski definition) is 6. The monoisotopic (exact) mass is 534 g/mol. The molecule has 210 valence electrons. The second-order valence-corrected chi connectivity index (χ2v) is 10.9. The molecule has 8 heteroatoms. The Morgan fingerprint density at radius 3 is 2.62 bits per heavy atom. The van der Waals surface area contributed by atoms with Crippen molar-refractivity contribution in [1.29, 1.82) is 0 Å². The lowest BCUT2D eigenvalue weighted by Gasteiger charge is -2.40. The largest absolute Gasteiger partial charge is 0.390 e. The summed E-state index contributed by atoms with van der Waals surface area (Å²) in [5, 5.41) is 12.5. The third kappa shape index (κ3) is 6.50. The number of nitrogens with one attached hydrogen (secondary N) is 2. The number of aryl methyl sites for hydroxylation is 1. The number of carbonyl (C=O) groups excluding carboxylic acids is 1. The maximum Gasteiger partial charge on any atom is 0.253 e. The molecule has 1 unspecified atom stereocenters. The summed E-state index contributed by atoms with van der Waals surface area (Å²) >= 11 is 0. The van der Waals surface area contributed by atoms with Crippen molar-refractivity contribution in [2.24, 2.45) is 0 Å². The molecule has 0 bridgehead atoms. The number of hydrogen-bond donors (Lipinski definition) is 3. The lowest BCUT2D eigenvalue weighted by Crippen LogP contribution is -2.40. The van der Waals surface area contributed by atoms with Crippen molar-refractivity contribution < 1.29 is 14.6 Å². The Bertz CT molecular complexity index is 1290. The maximum absolute atomic E-state index is 13.7. The van der Waals surface area contributed by atoms with Crippen LogP contribution in [0, 0.1) is 6.92 Å². The Kier molecular flexibility index (Phi) is 9.40. The number of ether oxygens (including phenoxy) is 1. The quantitative estimate of drug-likeness (QED) is 0.445. The van der Waals surface area contributed by atoms with Crippen LogP contribution in [0.15, 0.2) is 52.1 Å². The van der Waals surface area contributed by atoms with E-state index in [1.54, 1.807) is 6.20 Å². The standard InChI is InChI=1S/C31H42N4O4/c1-6-35(25-9-11-39-12-10-25)29-15-23(22-7-8-24(18-36)32-16-22)14-27(21(29)5)30(37)33-17-28-26(19(2)3)13-20(4)34-31(28)38/h7-8,13-14,16,19,23,25,36H,6,9-12,15,17-18H2,1-5H3,(H,33,37)(H,34,38). The van der Waals surface area contributed by atoms with Crippen molar-refractivity contribution >= 4 is 5.91 Å². The van der Waals surface area contributed by atoms with Crippen LogP contribution in [0.25, 0.3) is 0 Å². The van der Waals surface area contributed by atoms with Gasteiger partial charge in [0.15, 0.2) is 0 Å². The number of amides is 1. The molecule has 1 atom stereocenters. The molecule has 4 rings (SSSR count). The molecule has 0 spiro atoms. The minimum atomic E-state index is -0.188. The van der Waals surface area contributed by atoms with Gasteiger partial charge < -0.3 is 25.0 Å². The van der Waals surface area contributed by atoms with Gasteiger partial charge in [0, 0.05) is 67.0 Å². The fourth-order valence-electron chi connectivity index (χ4n) is 5.81. The van der Waals surface area contributed by atoms with Gasteiger partial charge in [0.2, 0.25) is 0 Å². The number of H-pyrrole nitrogens is 1. The van der Waals surface area contributed by atoms with E-state index in [1.165, 1.54) is 5.70 Å². The van der Waals surface area contributed by atoms with Crippen molar-refractivity contribution in [2.45, 2.75) is 84.9 Å². The predicted molar refractivity (Wildman–Crippen MR) is 152 cm³/mol. The number of aromatic amines is 1. The molecule has 0 radical (unpaired) electrons. The summed E-state index contributed by atoms with van der Waals surface area (Å²) in [4.78, 5) is 36.2. The molecule has 3 N–H and O–H groups in total. The van der Waals surface area contributed by atoms with Crippen molar-refractivity contribution in [3.63, 3.8) is 0 Å². The van der Waals surface area contributed by atoms with Gasteiger partial charge in [-0.15, -0.1) is 0 Å². The van der Waals surface area contributed by atoms with Crippen LogP contribution in [0.3, 0.4) is 0 Å². The van der Waals surface area contributed by atoms with Gasteiger partial charge >= 0.3 is 0 Å². The third-order valence-corrected chi connectivity index (χ3v) is 7.97. The van der Waals surface area contributed by atoms with E-state index in [-0.39, 0.29) is 36.5 Å². The SMILES string of the molecule is CCN(C1=C(C)C(C(=O)NCc2c(C(C)C)cc(C)[nH]c2=O)=CC(c2ccc(CO)nc2)C1)C1CCOCC1. The lowest BCUT2D eigenvalue weighted by atomic mass is 9.83. The van der Waals surface area contributed by atoms with E-state index < -0.39 is 0 Å². The summed E-state index contributed by atoms with van der Waals surface area (Å²) in [6.45, 7) is 12.6. The average molecular weight is 535 g/mol. The number of pyridine rings is 2. The Hall–Kier alpha value is -3.23. The van der Waals surface area contributed by atoms with Crippen LogP contribution < -0.4 is 10.9 Å². The molecular weight excluding hydrogens is 492 g/mol. The number of nitrogens with zero attached hydrogens (tertiary/aromatic N) is 2. The Morgan fingerprint density at radius 2 is 2.00 bits per heavy atom. The predicted octanol–water partition coefficient (Wildman–Crippen LogP) is 4.20. The number of aliphatic hydroxyl groups excluding tert-OH is 1. The second kappa shape index (κ2) is 12.7. The molecular formula is C31H42N4O4. The molecule has 0 aromatic carbocycles. The van der Waals surface area contributed by atoms with E-state index >= 15 is 0 Å². The molecule has 2 aromatic rings. The van der Waals surface area contributed by atoms with Crippen molar-refractivity contribution in [2.75, 3.05) is 19.8 Å². The number of allylic oxidation sites excluding steroid dienone is 2. The van der Waals surface area contributed by atoms with E-state index in [4.69, 9.17) is 4.74 Å². The smallest absolute Gasteiger partial charge is 0.253 e. The van der Waals surface area contributed by atoms with Crippen LogP contribution >= 0.6 is 0 Å². The molecule has 0 saturated carbocycles. The number of carbonyl (C=O) groups is 1. The normalized spacial score (nSPS) is 18.3. The van der Waals surface area contributed by atoms with Gasteiger partial charge in [-0.05, 0) is 74.8 Å². The summed E-state index contributed by atoms with van der Waals surface area (Å²) in [6.07, 6.45) is 6.52. The van der Waals surface area contributed by atoms with Crippen LogP contribution in [0.2, 0.25) is 0 Å². The maximum atomic E-state index is 13.7. The topological polar surface area (TPSA) is 108 Å². The molecule has 1 aliphatic carbocycles. The summed E-state index contributed by atoms with van der Waals surface area (Å²) in [7, 11) is 0. The summed E-state index contributed by atoms with van der Waals surface area (Å²) in [5.74, 6) is -0.0590. The number of aliphatic hydroxyl groups is 1.